The van der Waals surface area contributed by atoms with Crippen LogP contribution in [0.4, 0.5) is 11.4 Å². The highest BCUT2D eigenvalue weighted by Crippen LogP contribution is 2.18. The first-order valence-electron chi connectivity index (χ1n) is 4.80. The van der Waals surface area contributed by atoms with Crippen LogP contribution in [0.25, 0.3) is 0 Å². The number of carbonyl (C=O) groups is 1. The molecule has 0 aliphatic carbocycles. The van der Waals surface area contributed by atoms with Crippen LogP contribution in [0, 0.1) is 11.3 Å². The van der Waals surface area contributed by atoms with Gasteiger partial charge in [0.15, 0.2) is 0 Å². The van der Waals surface area contributed by atoms with Crippen LogP contribution in [0.3, 0.4) is 0 Å². The first kappa shape index (κ1) is 10.7. The lowest BCUT2D eigenvalue weighted by atomic mass is 10.1. The number of carbonyl (C=O) groups excluding carboxylic acids is 1. The van der Waals surface area contributed by atoms with Crippen molar-refractivity contribution in [2.75, 3.05) is 11.1 Å². The summed E-state index contributed by atoms with van der Waals surface area (Å²) in [6, 6.07) is 6.68. The summed E-state index contributed by atoms with van der Waals surface area (Å²) in [5, 5.41) is 17.7. The number of benzene rings is 1. The van der Waals surface area contributed by atoms with Crippen LogP contribution in [0.2, 0.25) is 0 Å². The van der Waals surface area contributed by atoms with Gasteiger partial charge in [-0.05, 0) is 18.2 Å². The van der Waals surface area contributed by atoms with Gasteiger partial charge in [0.05, 0.1) is 23.0 Å². The predicted octanol–water partition coefficient (Wildman–Crippen LogP) is 1.12. The number of nitrogens with one attached hydrogen (secondary N) is 2. The van der Waals surface area contributed by atoms with E-state index in [0.717, 1.165) is 0 Å². The Labute approximate surface area is 97.1 Å². The fraction of sp³-hybridized carbons (Fsp3) is 0. The number of nitrogens with two attached hydrogens (primary N) is 1. The lowest BCUT2D eigenvalue weighted by Crippen LogP contribution is -2.12. The molecule has 6 heteroatoms. The Hall–Kier alpha value is -2.81. The largest absolute Gasteiger partial charge is 0.399 e. The summed E-state index contributed by atoms with van der Waals surface area (Å²) >= 11 is 0. The van der Waals surface area contributed by atoms with E-state index in [1.165, 1.54) is 18.5 Å². The van der Waals surface area contributed by atoms with E-state index in [1.807, 2.05) is 6.07 Å². The second kappa shape index (κ2) is 4.37. The summed E-state index contributed by atoms with van der Waals surface area (Å²) in [6.07, 6.45) is 2.87. The van der Waals surface area contributed by atoms with E-state index in [9.17, 15) is 4.79 Å². The normalized spacial score (nSPS) is 9.59. The lowest BCUT2D eigenvalue weighted by molar-refractivity contribution is 0.102. The molecule has 1 aromatic carbocycles. The lowest BCUT2D eigenvalue weighted by Gasteiger charge is -2.06. The molecule has 0 spiro atoms. The number of nitriles is 1. The number of amides is 1. The Morgan fingerprint density at radius 2 is 2.35 bits per heavy atom. The number of hydrogen-bond acceptors (Lipinski definition) is 4. The molecule has 2 rings (SSSR count). The molecule has 0 saturated heterocycles. The van der Waals surface area contributed by atoms with E-state index < -0.39 is 0 Å². The van der Waals surface area contributed by atoms with Crippen molar-refractivity contribution in [3.05, 3.63) is 41.7 Å². The summed E-state index contributed by atoms with van der Waals surface area (Å²) in [5.74, 6) is -0.333. The first-order chi connectivity index (χ1) is 8.20. The number of rotatable bonds is 2. The molecule has 0 aliphatic heterocycles. The third-order valence-electron chi connectivity index (χ3n) is 2.17. The minimum atomic E-state index is -0.333. The van der Waals surface area contributed by atoms with Gasteiger partial charge in [0, 0.05) is 11.9 Å². The third-order valence-corrected chi connectivity index (χ3v) is 2.17. The van der Waals surface area contributed by atoms with Gasteiger partial charge >= 0.3 is 0 Å². The van der Waals surface area contributed by atoms with Crippen LogP contribution in [0.15, 0.2) is 30.6 Å². The van der Waals surface area contributed by atoms with Crippen LogP contribution in [-0.4, -0.2) is 16.1 Å². The van der Waals surface area contributed by atoms with Crippen LogP contribution in [0.5, 0.6) is 0 Å². The van der Waals surface area contributed by atoms with Crippen LogP contribution >= 0.6 is 0 Å². The van der Waals surface area contributed by atoms with Gasteiger partial charge in [0.25, 0.3) is 5.91 Å². The van der Waals surface area contributed by atoms with Crippen molar-refractivity contribution in [2.45, 2.75) is 0 Å². The van der Waals surface area contributed by atoms with Crippen molar-refractivity contribution in [3.63, 3.8) is 0 Å². The monoisotopic (exact) mass is 227 g/mol. The van der Waals surface area contributed by atoms with Gasteiger partial charge in [-0.25, -0.2) is 0 Å². The number of nitrogens with zero attached hydrogens (tertiary/aromatic N) is 2. The Morgan fingerprint density at radius 1 is 1.53 bits per heavy atom. The average Bonchev–Trinajstić information content (AvgIpc) is 2.85. The maximum Gasteiger partial charge on any atom is 0.258 e. The smallest absolute Gasteiger partial charge is 0.258 e. The maximum absolute atomic E-state index is 11.7. The Morgan fingerprint density at radius 3 is 3.00 bits per heavy atom. The molecule has 0 fully saturated rings. The summed E-state index contributed by atoms with van der Waals surface area (Å²) in [4.78, 5) is 11.7. The van der Waals surface area contributed by atoms with Crippen molar-refractivity contribution >= 4 is 17.3 Å². The van der Waals surface area contributed by atoms with Crippen LogP contribution < -0.4 is 11.1 Å². The number of nitrogen functional groups attached to an aromatic ring is 1. The SMILES string of the molecule is N#Cc1cc(N)ccc1NC(=O)c1cn[nH]c1. The van der Waals surface area contributed by atoms with Gasteiger partial charge < -0.3 is 11.1 Å². The summed E-state index contributed by atoms with van der Waals surface area (Å²) in [6.45, 7) is 0. The van der Waals surface area contributed by atoms with Crippen molar-refractivity contribution in [1.29, 1.82) is 5.26 Å². The third kappa shape index (κ3) is 2.23. The molecule has 17 heavy (non-hydrogen) atoms. The minimum Gasteiger partial charge on any atom is -0.399 e. The van der Waals surface area contributed by atoms with Gasteiger partial charge in [-0.2, -0.15) is 10.4 Å². The van der Waals surface area contributed by atoms with E-state index in [0.29, 0.717) is 22.5 Å². The highest BCUT2D eigenvalue weighted by molar-refractivity contribution is 6.04. The maximum atomic E-state index is 11.7. The minimum absolute atomic E-state index is 0.321. The van der Waals surface area contributed by atoms with E-state index in [-0.39, 0.29) is 5.91 Å². The van der Waals surface area contributed by atoms with Crippen molar-refractivity contribution in [2.24, 2.45) is 0 Å². The zero-order valence-corrected chi connectivity index (χ0v) is 8.77. The fourth-order valence-corrected chi connectivity index (χ4v) is 1.33. The van der Waals surface area contributed by atoms with Gasteiger partial charge in [0.1, 0.15) is 6.07 Å². The van der Waals surface area contributed by atoms with E-state index in [1.54, 1.807) is 12.1 Å². The molecule has 0 saturated carbocycles. The van der Waals surface area contributed by atoms with Gasteiger partial charge in [-0.15, -0.1) is 0 Å². The molecular weight excluding hydrogens is 218 g/mol. The van der Waals surface area contributed by atoms with Gasteiger partial charge in [0.2, 0.25) is 0 Å². The Kier molecular flexibility index (Phi) is 2.75. The molecule has 0 atom stereocenters. The topological polar surface area (TPSA) is 108 Å². The van der Waals surface area contributed by atoms with Crippen LogP contribution in [-0.2, 0) is 0 Å². The molecule has 4 N–H and O–H groups in total. The van der Waals surface area contributed by atoms with Crippen LogP contribution in [0.1, 0.15) is 15.9 Å². The zero-order valence-electron chi connectivity index (χ0n) is 8.77. The second-order valence-electron chi connectivity index (χ2n) is 3.36. The van der Waals surface area contributed by atoms with E-state index in [4.69, 9.17) is 11.0 Å². The molecule has 6 nitrogen and oxygen atoms in total. The molecule has 1 amide bonds. The second-order valence-corrected chi connectivity index (χ2v) is 3.36. The predicted molar refractivity (Wildman–Crippen MR) is 62.1 cm³/mol. The Balaban J connectivity index is 2.25. The highest BCUT2D eigenvalue weighted by atomic mass is 16.1. The molecule has 2 aromatic rings. The van der Waals surface area contributed by atoms with Crippen molar-refractivity contribution in [3.8, 4) is 6.07 Å². The van der Waals surface area contributed by atoms with Crippen molar-refractivity contribution < 1.29 is 4.79 Å². The highest BCUT2D eigenvalue weighted by Gasteiger charge is 2.09. The number of aromatic amines is 1. The van der Waals surface area contributed by atoms with Crippen molar-refractivity contribution in [1.82, 2.24) is 10.2 Å². The summed E-state index contributed by atoms with van der Waals surface area (Å²) in [7, 11) is 0. The molecule has 1 aromatic heterocycles. The molecule has 0 unspecified atom stereocenters. The Bertz CT molecular complexity index is 582. The first-order valence-corrected chi connectivity index (χ1v) is 4.80. The van der Waals surface area contributed by atoms with E-state index in [2.05, 4.69) is 15.5 Å². The molecule has 1 heterocycles. The number of anilines is 2. The van der Waals surface area contributed by atoms with Gasteiger partial charge in [-0.3, -0.25) is 9.89 Å². The molecule has 0 radical (unpaired) electrons. The molecular formula is C11H9N5O. The summed E-state index contributed by atoms with van der Waals surface area (Å²) < 4.78 is 0. The number of hydrogen-bond donors (Lipinski definition) is 3. The zero-order chi connectivity index (χ0) is 12.3. The summed E-state index contributed by atoms with van der Waals surface area (Å²) in [5.41, 5.74) is 7.16. The average molecular weight is 227 g/mol. The molecule has 84 valence electrons. The number of H-pyrrole nitrogens is 1. The van der Waals surface area contributed by atoms with E-state index >= 15 is 0 Å². The molecule has 0 aliphatic rings. The number of aromatic nitrogens is 2. The standard InChI is InChI=1S/C11H9N5O/c12-4-7-3-9(13)1-2-10(7)16-11(17)8-5-14-15-6-8/h1-3,5-6H,13H2,(H,14,15)(H,16,17). The van der Waals surface area contributed by atoms with Gasteiger partial charge in [-0.1, -0.05) is 0 Å². The molecule has 0 bridgehead atoms. The quantitative estimate of drug-likeness (QED) is 0.668. The fourth-order valence-electron chi connectivity index (χ4n) is 1.33.